The minimum atomic E-state index is -0.209. The highest BCUT2D eigenvalue weighted by Crippen LogP contribution is 2.17. The van der Waals surface area contributed by atoms with Crippen molar-refractivity contribution in [1.82, 2.24) is 4.98 Å². The number of anilines is 2. The molecule has 0 radical (unpaired) electrons. The number of amides is 1. The van der Waals surface area contributed by atoms with Crippen LogP contribution in [0.15, 0.2) is 42.6 Å². The van der Waals surface area contributed by atoms with Crippen LogP contribution in [0.4, 0.5) is 11.5 Å². The van der Waals surface area contributed by atoms with Crippen molar-refractivity contribution in [3.05, 3.63) is 53.7 Å². The summed E-state index contributed by atoms with van der Waals surface area (Å²) in [5.41, 5.74) is 4.00. The molecule has 1 amide bonds. The van der Waals surface area contributed by atoms with E-state index in [1.54, 1.807) is 43.4 Å². The molecule has 2 rings (SSSR count). The molecule has 100 valence electrons. The van der Waals surface area contributed by atoms with Gasteiger partial charge in [-0.3, -0.25) is 4.79 Å². The molecule has 1 heterocycles. The van der Waals surface area contributed by atoms with Crippen LogP contribution in [0, 0.1) is 11.3 Å². The topological polar surface area (TPSA) is 95.0 Å². The van der Waals surface area contributed by atoms with Crippen molar-refractivity contribution in [1.29, 1.82) is 5.26 Å². The molecule has 0 aliphatic rings. The van der Waals surface area contributed by atoms with Gasteiger partial charge in [-0.2, -0.15) is 5.26 Å². The van der Waals surface area contributed by atoms with Crippen LogP contribution < -0.4 is 16.2 Å². The Morgan fingerprint density at radius 1 is 1.40 bits per heavy atom. The molecule has 1 aromatic carbocycles. The molecule has 0 aliphatic heterocycles. The molecule has 0 bridgehead atoms. The monoisotopic (exact) mass is 267 g/mol. The Morgan fingerprint density at radius 2 is 2.20 bits per heavy atom. The van der Waals surface area contributed by atoms with Crippen LogP contribution in [0.1, 0.15) is 15.9 Å². The summed E-state index contributed by atoms with van der Waals surface area (Å²) in [6.07, 6.45) is 1.50. The van der Waals surface area contributed by atoms with E-state index in [2.05, 4.69) is 10.4 Å². The number of rotatable bonds is 3. The number of benzene rings is 1. The Kier molecular flexibility index (Phi) is 3.93. The van der Waals surface area contributed by atoms with Gasteiger partial charge in [0.05, 0.1) is 11.6 Å². The molecule has 0 fully saturated rings. The van der Waals surface area contributed by atoms with Crippen molar-refractivity contribution in [3.63, 3.8) is 0 Å². The van der Waals surface area contributed by atoms with Crippen molar-refractivity contribution < 1.29 is 4.79 Å². The second-order valence-corrected chi connectivity index (χ2v) is 4.10. The average Bonchev–Trinajstić information content (AvgIpc) is 2.53. The smallest absolute Gasteiger partial charge is 0.258 e. The van der Waals surface area contributed by atoms with Crippen LogP contribution in [0.5, 0.6) is 0 Å². The summed E-state index contributed by atoms with van der Waals surface area (Å²) in [5.74, 6) is 5.47. The van der Waals surface area contributed by atoms with Gasteiger partial charge < -0.3 is 10.3 Å². The quantitative estimate of drug-likeness (QED) is 0.649. The Morgan fingerprint density at radius 3 is 2.90 bits per heavy atom. The lowest BCUT2D eigenvalue weighted by Gasteiger charge is -2.17. The van der Waals surface area contributed by atoms with Gasteiger partial charge in [0.2, 0.25) is 0 Å². The zero-order valence-electron chi connectivity index (χ0n) is 10.9. The predicted molar refractivity (Wildman–Crippen MR) is 75.9 cm³/mol. The van der Waals surface area contributed by atoms with Crippen molar-refractivity contribution >= 4 is 17.4 Å². The van der Waals surface area contributed by atoms with Crippen molar-refractivity contribution in [2.24, 2.45) is 5.84 Å². The Hall–Kier alpha value is -2.91. The highest BCUT2D eigenvalue weighted by atomic mass is 16.2. The standard InChI is InChI=1S/C14H13N5O/c1-19(12-4-2-3-10(7-12)9-15)14(20)11-5-6-17-13(8-11)18-16/h2-8H,16H2,1H3,(H,17,18). The normalized spacial score (nSPS) is 9.65. The lowest BCUT2D eigenvalue weighted by atomic mass is 10.2. The number of hydrogen-bond acceptors (Lipinski definition) is 5. The van der Waals surface area contributed by atoms with Gasteiger partial charge in [-0.1, -0.05) is 6.07 Å². The van der Waals surface area contributed by atoms with E-state index in [0.29, 0.717) is 22.6 Å². The fraction of sp³-hybridized carbons (Fsp3) is 0.0714. The van der Waals surface area contributed by atoms with Gasteiger partial charge in [0.15, 0.2) is 0 Å². The number of nitriles is 1. The van der Waals surface area contributed by atoms with Gasteiger partial charge in [-0.05, 0) is 30.3 Å². The zero-order valence-corrected chi connectivity index (χ0v) is 10.9. The number of carbonyl (C=O) groups excluding carboxylic acids is 1. The van der Waals surface area contributed by atoms with Crippen LogP contribution in [-0.2, 0) is 0 Å². The lowest BCUT2D eigenvalue weighted by molar-refractivity contribution is 0.0993. The minimum Gasteiger partial charge on any atom is -0.311 e. The lowest BCUT2D eigenvalue weighted by Crippen LogP contribution is -2.26. The zero-order chi connectivity index (χ0) is 14.5. The average molecular weight is 267 g/mol. The van der Waals surface area contributed by atoms with Crippen LogP contribution in [0.25, 0.3) is 0 Å². The number of nitrogens with zero attached hydrogens (tertiary/aromatic N) is 3. The molecule has 6 nitrogen and oxygen atoms in total. The van der Waals surface area contributed by atoms with Gasteiger partial charge in [-0.25, -0.2) is 10.8 Å². The molecular formula is C14H13N5O. The summed E-state index contributed by atoms with van der Waals surface area (Å²) in [6.45, 7) is 0. The number of nitrogen functional groups attached to an aromatic ring is 1. The van der Waals surface area contributed by atoms with Crippen LogP contribution >= 0.6 is 0 Å². The SMILES string of the molecule is CN(C(=O)c1ccnc(NN)c1)c1cccc(C#N)c1. The fourth-order valence-electron chi connectivity index (χ4n) is 1.74. The Bertz CT molecular complexity index is 677. The van der Waals surface area contributed by atoms with E-state index in [4.69, 9.17) is 11.1 Å². The molecule has 20 heavy (non-hydrogen) atoms. The van der Waals surface area contributed by atoms with E-state index in [1.807, 2.05) is 6.07 Å². The first kappa shape index (κ1) is 13.5. The number of nitrogens with one attached hydrogen (secondary N) is 1. The molecule has 0 aliphatic carbocycles. The Balaban J connectivity index is 2.30. The summed E-state index contributed by atoms with van der Waals surface area (Å²) in [6, 6.07) is 12.1. The number of aromatic nitrogens is 1. The van der Waals surface area contributed by atoms with Crippen molar-refractivity contribution in [2.75, 3.05) is 17.4 Å². The number of hydrogen-bond donors (Lipinski definition) is 2. The number of pyridine rings is 1. The summed E-state index contributed by atoms with van der Waals surface area (Å²) in [5, 5.41) is 8.88. The van der Waals surface area contributed by atoms with Gasteiger partial charge in [-0.15, -0.1) is 0 Å². The van der Waals surface area contributed by atoms with E-state index >= 15 is 0 Å². The van der Waals surface area contributed by atoms with E-state index < -0.39 is 0 Å². The van der Waals surface area contributed by atoms with E-state index in [0.717, 1.165) is 0 Å². The first-order valence-corrected chi connectivity index (χ1v) is 5.86. The maximum absolute atomic E-state index is 12.4. The highest BCUT2D eigenvalue weighted by Gasteiger charge is 2.14. The second kappa shape index (κ2) is 5.82. The first-order chi connectivity index (χ1) is 9.65. The molecular weight excluding hydrogens is 254 g/mol. The van der Waals surface area contributed by atoms with Crippen molar-refractivity contribution in [2.45, 2.75) is 0 Å². The maximum Gasteiger partial charge on any atom is 0.258 e. The molecule has 0 spiro atoms. The molecule has 2 aromatic rings. The molecule has 0 atom stereocenters. The molecule has 3 N–H and O–H groups in total. The first-order valence-electron chi connectivity index (χ1n) is 5.86. The third-order valence-corrected chi connectivity index (χ3v) is 2.82. The largest absolute Gasteiger partial charge is 0.311 e. The summed E-state index contributed by atoms with van der Waals surface area (Å²) in [7, 11) is 1.65. The number of nitrogens with two attached hydrogens (primary N) is 1. The fourth-order valence-corrected chi connectivity index (χ4v) is 1.74. The van der Waals surface area contributed by atoms with E-state index in [9.17, 15) is 4.79 Å². The number of carbonyl (C=O) groups is 1. The van der Waals surface area contributed by atoms with Gasteiger partial charge >= 0.3 is 0 Å². The van der Waals surface area contributed by atoms with E-state index in [1.165, 1.54) is 11.1 Å². The van der Waals surface area contributed by atoms with Gasteiger partial charge in [0.25, 0.3) is 5.91 Å². The Labute approximate surface area is 116 Å². The third-order valence-electron chi connectivity index (χ3n) is 2.82. The molecule has 1 aromatic heterocycles. The van der Waals surface area contributed by atoms with Crippen LogP contribution in [0.3, 0.4) is 0 Å². The van der Waals surface area contributed by atoms with Gasteiger partial charge in [0.1, 0.15) is 5.82 Å². The highest BCUT2D eigenvalue weighted by molar-refractivity contribution is 6.06. The van der Waals surface area contributed by atoms with E-state index in [-0.39, 0.29) is 5.91 Å². The maximum atomic E-state index is 12.4. The molecule has 0 saturated heterocycles. The second-order valence-electron chi connectivity index (χ2n) is 4.10. The van der Waals surface area contributed by atoms with Crippen LogP contribution in [-0.4, -0.2) is 17.9 Å². The molecule has 0 unspecified atom stereocenters. The molecule has 0 saturated carbocycles. The minimum absolute atomic E-state index is 0.209. The summed E-state index contributed by atoms with van der Waals surface area (Å²) in [4.78, 5) is 17.8. The number of hydrazine groups is 1. The molecule has 6 heteroatoms. The predicted octanol–water partition coefficient (Wildman–Crippen LogP) is 1.52. The van der Waals surface area contributed by atoms with Crippen LogP contribution in [0.2, 0.25) is 0 Å². The summed E-state index contributed by atoms with van der Waals surface area (Å²) < 4.78 is 0. The third kappa shape index (κ3) is 2.74. The summed E-state index contributed by atoms with van der Waals surface area (Å²) >= 11 is 0. The van der Waals surface area contributed by atoms with Crippen molar-refractivity contribution in [3.8, 4) is 6.07 Å². The van der Waals surface area contributed by atoms with Gasteiger partial charge in [0, 0.05) is 24.5 Å².